The first-order chi connectivity index (χ1) is 9.89. The average Bonchev–Trinajstić information content (AvgIpc) is 2.94. The Labute approximate surface area is 128 Å². The van der Waals surface area contributed by atoms with Crippen molar-refractivity contribution in [3.05, 3.63) is 47.6 Å². The molecule has 1 aromatic rings. The van der Waals surface area contributed by atoms with E-state index in [0.29, 0.717) is 0 Å². The minimum Gasteiger partial charge on any atom is -0.398 e. The lowest BCUT2D eigenvalue weighted by Gasteiger charge is -2.32. The highest BCUT2D eigenvalue weighted by molar-refractivity contribution is 6.54. The molecule has 0 saturated carbocycles. The van der Waals surface area contributed by atoms with Crippen molar-refractivity contribution in [3.63, 3.8) is 0 Å². The van der Waals surface area contributed by atoms with E-state index < -0.39 is 0 Å². The summed E-state index contributed by atoms with van der Waals surface area (Å²) in [5.41, 5.74) is 1.94. The fourth-order valence-corrected chi connectivity index (χ4v) is 2.81. The lowest BCUT2D eigenvalue weighted by molar-refractivity contribution is 0.00578. The van der Waals surface area contributed by atoms with Crippen LogP contribution in [0.4, 0.5) is 0 Å². The summed E-state index contributed by atoms with van der Waals surface area (Å²) >= 11 is 0. The molecular formula is C17H24BNO2. The molecular weight excluding hydrogens is 261 g/mol. The van der Waals surface area contributed by atoms with E-state index in [4.69, 9.17) is 9.31 Å². The first-order valence-electron chi connectivity index (χ1n) is 7.74. The van der Waals surface area contributed by atoms with Crippen LogP contribution in [0.15, 0.2) is 42.0 Å². The van der Waals surface area contributed by atoms with Gasteiger partial charge in [0, 0.05) is 18.7 Å². The molecule has 21 heavy (non-hydrogen) atoms. The van der Waals surface area contributed by atoms with Gasteiger partial charge in [-0.2, -0.15) is 0 Å². The van der Waals surface area contributed by atoms with Crippen LogP contribution >= 0.6 is 0 Å². The molecule has 0 aliphatic carbocycles. The molecule has 0 bridgehead atoms. The molecule has 3 rings (SSSR count). The molecule has 0 radical (unpaired) electrons. The van der Waals surface area contributed by atoms with E-state index in [0.717, 1.165) is 19.5 Å². The molecule has 1 fully saturated rings. The third-order valence-corrected chi connectivity index (χ3v) is 4.83. The molecule has 2 aliphatic rings. The Hall–Kier alpha value is -1.26. The summed E-state index contributed by atoms with van der Waals surface area (Å²) in [6, 6.07) is 10.6. The van der Waals surface area contributed by atoms with Crippen LogP contribution in [0.25, 0.3) is 0 Å². The van der Waals surface area contributed by atoms with E-state index >= 15 is 0 Å². The number of hydrogen-bond acceptors (Lipinski definition) is 3. The fourth-order valence-electron chi connectivity index (χ4n) is 2.81. The summed E-state index contributed by atoms with van der Waals surface area (Å²) in [4.78, 5) is 2.37. The maximum absolute atomic E-state index is 6.18. The molecule has 2 heterocycles. The van der Waals surface area contributed by atoms with Crippen molar-refractivity contribution in [1.82, 2.24) is 4.90 Å². The topological polar surface area (TPSA) is 21.7 Å². The van der Waals surface area contributed by atoms with Crippen molar-refractivity contribution < 1.29 is 9.31 Å². The molecule has 0 amide bonds. The summed E-state index contributed by atoms with van der Waals surface area (Å²) in [7, 11) is -0.249. The Morgan fingerprint density at radius 2 is 1.67 bits per heavy atom. The van der Waals surface area contributed by atoms with Crippen molar-refractivity contribution in [2.75, 3.05) is 6.54 Å². The van der Waals surface area contributed by atoms with Gasteiger partial charge in [-0.25, -0.2) is 0 Å². The molecule has 0 unspecified atom stereocenters. The van der Waals surface area contributed by atoms with Gasteiger partial charge in [0.2, 0.25) is 0 Å². The van der Waals surface area contributed by atoms with Crippen molar-refractivity contribution in [3.8, 4) is 0 Å². The van der Waals surface area contributed by atoms with E-state index in [1.54, 1.807) is 0 Å². The first kappa shape index (κ1) is 14.7. The fraction of sp³-hybridized carbons (Fsp3) is 0.529. The molecule has 112 valence electrons. The van der Waals surface area contributed by atoms with E-state index in [2.05, 4.69) is 69.0 Å². The van der Waals surface area contributed by atoms with Crippen LogP contribution in [0.2, 0.25) is 0 Å². The third kappa shape index (κ3) is 2.75. The Balaban J connectivity index is 1.74. The maximum atomic E-state index is 6.18. The smallest absolute Gasteiger partial charge is 0.398 e. The van der Waals surface area contributed by atoms with Gasteiger partial charge in [-0.05, 0) is 39.7 Å². The van der Waals surface area contributed by atoms with Crippen molar-refractivity contribution in [2.45, 2.75) is 51.9 Å². The normalized spacial score (nSPS) is 23.5. The average molecular weight is 285 g/mol. The van der Waals surface area contributed by atoms with Gasteiger partial charge in [-0.1, -0.05) is 36.4 Å². The van der Waals surface area contributed by atoms with Crippen LogP contribution in [-0.4, -0.2) is 29.8 Å². The van der Waals surface area contributed by atoms with Crippen molar-refractivity contribution in [1.29, 1.82) is 0 Å². The first-order valence-corrected chi connectivity index (χ1v) is 7.74. The molecule has 1 saturated heterocycles. The standard InChI is InChI=1S/C17H24BNO2/c1-16(2)17(3,4)21-18(20-16)15-11-8-12-19(15)13-14-9-6-5-7-10-14/h5-7,9-11H,8,12-13H2,1-4H3. The van der Waals surface area contributed by atoms with Crippen molar-refractivity contribution >= 4 is 7.12 Å². The lowest BCUT2D eigenvalue weighted by atomic mass is 9.84. The van der Waals surface area contributed by atoms with Gasteiger partial charge < -0.3 is 14.2 Å². The minimum absolute atomic E-state index is 0.249. The number of benzene rings is 1. The van der Waals surface area contributed by atoms with E-state index in [9.17, 15) is 0 Å². The van der Waals surface area contributed by atoms with Crippen LogP contribution in [0.3, 0.4) is 0 Å². The Morgan fingerprint density at radius 1 is 1.05 bits per heavy atom. The van der Waals surface area contributed by atoms with Crippen LogP contribution in [0.1, 0.15) is 39.7 Å². The van der Waals surface area contributed by atoms with Gasteiger partial charge in [-0.3, -0.25) is 0 Å². The van der Waals surface area contributed by atoms with E-state index in [1.807, 2.05) is 0 Å². The predicted octanol–water partition coefficient (Wildman–Crippen LogP) is 3.41. The predicted molar refractivity (Wildman–Crippen MR) is 85.6 cm³/mol. The summed E-state index contributed by atoms with van der Waals surface area (Å²) in [5.74, 6) is 0. The second kappa shape index (κ2) is 5.18. The van der Waals surface area contributed by atoms with Crippen molar-refractivity contribution in [2.24, 2.45) is 0 Å². The second-order valence-electron chi connectivity index (χ2n) is 6.91. The third-order valence-electron chi connectivity index (χ3n) is 4.83. The molecule has 0 aromatic heterocycles. The molecule has 2 aliphatic heterocycles. The lowest BCUT2D eigenvalue weighted by Crippen LogP contribution is -2.41. The second-order valence-corrected chi connectivity index (χ2v) is 6.91. The van der Waals surface area contributed by atoms with Gasteiger partial charge in [-0.15, -0.1) is 0 Å². The van der Waals surface area contributed by atoms with E-state index in [1.165, 1.54) is 11.2 Å². The maximum Gasteiger partial charge on any atom is 0.511 e. The number of nitrogens with zero attached hydrogens (tertiary/aromatic N) is 1. The van der Waals surface area contributed by atoms with Crippen LogP contribution in [-0.2, 0) is 15.9 Å². The highest BCUT2D eigenvalue weighted by Gasteiger charge is 2.53. The zero-order chi connectivity index (χ0) is 15.1. The summed E-state index contributed by atoms with van der Waals surface area (Å²) in [6.45, 7) is 10.4. The number of hydrogen-bond donors (Lipinski definition) is 0. The van der Waals surface area contributed by atoms with E-state index in [-0.39, 0.29) is 18.3 Å². The largest absolute Gasteiger partial charge is 0.511 e. The molecule has 4 heteroatoms. The van der Waals surface area contributed by atoms with Gasteiger partial charge in [0.1, 0.15) is 0 Å². The highest BCUT2D eigenvalue weighted by atomic mass is 16.7. The molecule has 0 N–H and O–H groups in total. The van der Waals surface area contributed by atoms with Crippen LogP contribution in [0, 0.1) is 0 Å². The monoisotopic (exact) mass is 285 g/mol. The molecule has 0 atom stereocenters. The zero-order valence-corrected chi connectivity index (χ0v) is 13.4. The summed E-state index contributed by atoms with van der Waals surface area (Å²) in [5, 5.41) is 0. The van der Waals surface area contributed by atoms with Gasteiger partial charge >= 0.3 is 7.12 Å². The summed E-state index contributed by atoms with van der Waals surface area (Å²) < 4.78 is 12.4. The molecule has 3 nitrogen and oxygen atoms in total. The SMILES string of the molecule is CC1(C)OB(C2=CCCN2Cc2ccccc2)OC1(C)C. The minimum atomic E-state index is -0.278. The Morgan fingerprint density at radius 3 is 2.29 bits per heavy atom. The van der Waals surface area contributed by atoms with Gasteiger partial charge in [0.05, 0.1) is 11.2 Å². The molecule has 1 aromatic carbocycles. The Kier molecular flexibility index (Phi) is 3.62. The summed E-state index contributed by atoms with van der Waals surface area (Å²) in [6.07, 6.45) is 3.32. The van der Waals surface area contributed by atoms with Crippen LogP contribution < -0.4 is 0 Å². The molecule has 0 spiro atoms. The number of rotatable bonds is 3. The van der Waals surface area contributed by atoms with Gasteiger partial charge in [0.15, 0.2) is 0 Å². The quantitative estimate of drug-likeness (QED) is 0.794. The zero-order valence-electron chi connectivity index (χ0n) is 13.4. The van der Waals surface area contributed by atoms with Crippen LogP contribution in [0.5, 0.6) is 0 Å². The van der Waals surface area contributed by atoms with Gasteiger partial charge in [0.25, 0.3) is 0 Å². The highest BCUT2D eigenvalue weighted by Crippen LogP contribution is 2.40. The Bertz CT molecular complexity index is 523.